The van der Waals surface area contributed by atoms with Crippen LogP contribution in [0.15, 0.2) is 63.9 Å². The SMILES string of the molecule is NC(c1ccccc1)c1noc(CCn2nnc3ccccc3c2=O)n1. The average molecular weight is 348 g/mol. The van der Waals surface area contributed by atoms with E-state index >= 15 is 0 Å². The molecule has 0 saturated carbocycles. The minimum atomic E-state index is -0.461. The quantitative estimate of drug-likeness (QED) is 0.581. The van der Waals surface area contributed by atoms with E-state index in [1.807, 2.05) is 36.4 Å². The smallest absolute Gasteiger partial charge is 0.277 e. The molecule has 1 unspecified atom stereocenters. The second kappa shape index (κ2) is 6.85. The minimum absolute atomic E-state index is 0.198. The number of aromatic nitrogens is 5. The van der Waals surface area contributed by atoms with Gasteiger partial charge in [-0.15, -0.1) is 5.10 Å². The zero-order valence-corrected chi connectivity index (χ0v) is 13.8. The van der Waals surface area contributed by atoms with Crippen LogP contribution in [0.1, 0.15) is 23.3 Å². The highest BCUT2D eigenvalue weighted by Crippen LogP contribution is 2.16. The zero-order valence-electron chi connectivity index (χ0n) is 13.8. The summed E-state index contributed by atoms with van der Waals surface area (Å²) in [6.45, 7) is 0.291. The maximum Gasteiger partial charge on any atom is 0.277 e. The summed E-state index contributed by atoms with van der Waals surface area (Å²) < 4.78 is 6.55. The summed E-state index contributed by atoms with van der Waals surface area (Å²) in [4.78, 5) is 16.7. The third kappa shape index (κ3) is 3.09. The molecular formula is C18H16N6O2. The van der Waals surface area contributed by atoms with Crippen LogP contribution in [0.4, 0.5) is 0 Å². The molecule has 0 bridgehead atoms. The van der Waals surface area contributed by atoms with Gasteiger partial charge in [-0.25, -0.2) is 4.68 Å². The molecule has 1 atom stereocenters. The topological polar surface area (TPSA) is 113 Å². The predicted octanol–water partition coefficient (Wildman–Crippen LogP) is 1.47. The molecule has 0 saturated heterocycles. The molecule has 0 aliphatic rings. The standard InChI is InChI=1S/C18H16N6O2/c19-16(12-6-2-1-3-7-12)17-20-15(26-22-17)10-11-24-18(25)13-8-4-5-9-14(13)21-23-24/h1-9,16H,10-11,19H2. The molecule has 0 radical (unpaired) electrons. The third-order valence-corrected chi connectivity index (χ3v) is 4.09. The molecule has 8 nitrogen and oxygen atoms in total. The van der Waals surface area contributed by atoms with Crippen molar-refractivity contribution in [1.82, 2.24) is 25.1 Å². The van der Waals surface area contributed by atoms with E-state index < -0.39 is 6.04 Å². The van der Waals surface area contributed by atoms with Crippen molar-refractivity contribution in [3.63, 3.8) is 0 Å². The fourth-order valence-electron chi connectivity index (χ4n) is 2.68. The van der Waals surface area contributed by atoms with Gasteiger partial charge in [0.1, 0.15) is 5.52 Å². The van der Waals surface area contributed by atoms with Gasteiger partial charge in [0.2, 0.25) is 5.89 Å². The van der Waals surface area contributed by atoms with Crippen molar-refractivity contribution in [1.29, 1.82) is 0 Å². The Labute approximate surface area is 148 Å². The summed E-state index contributed by atoms with van der Waals surface area (Å²) in [7, 11) is 0. The summed E-state index contributed by atoms with van der Waals surface area (Å²) in [5.41, 5.74) is 7.43. The molecule has 26 heavy (non-hydrogen) atoms. The molecule has 0 aliphatic heterocycles. The van der Waals surface area contributed by atoms with E-state index in [2.05, 4.69) is 20.5 Å². The minimum Gasteiger partial charge on any atom is -0.339 e. The Hall–Kier alpha value is -3.39. The van der Waals surface area contributed by atoms with Gasteiger partial charge in [-0.05, 0) is 17.7 Å². The summed E-state index contributed by atoms with van der Waals surface area (Å²) in [5, 5.41) is 12.5. The highest BCUT2D eigenvalue weighted by atomic mass is 16.5. The van der Waals surface area contributed by atoms with Crippen molar-refractivity contribution in [3.8, 4) is 0 Å². The second-order valence-corrected chi connectivity index (χ2v) is 5.82. The lowest BCUT2D eigenvalue weighted by atomic mass is 10.1. The van der Waals surface area contributed by atoms with Gasteiger partial charge in [0.05, 0.1) is 18.0 Å². The number of rotatable bonds is 5. The molecule has 2 aromatic heterocycles. The lowest BCUT2D eigenvalue weighted by Crippen LogP contribution is -2.25. The van der Waals surface area contributed by atoms with E-state index in [-0.39, 0.29) is 5.56 Å². The number of hydrogen-bond acceptors (Lipinski definition) is 7. The van der Waals surface area contributed by atoms with Gasteiger partial charge in [-0.2, -0.15) is 4.98 Å². The maximum atomic E-state index is 12.4. The molecule has 2 N–H and O–H groups in total. The molecule has 2 aromatic carbocycles. The van der Waals surface area contributed by atoms with Crippen LogP contribution < -0.4 is 11.3 Å². The molecule has 0 aliphatic carbocycles. The van der Waals surface area contributed by atoms with Crippen LogP contribution in [-0.4, -0.2) is 25.1 Å². The lowest BCUT2D eigenvalue weighted by Gasteiger charge is -2.06. The van der Waals surface area contributed by atoms with Crippen LogP contribution in [0.25, 0.3) is 10.9 Å². The fraction of sp³-hybridized carbons (Fsp3) is 0.167. The third-order valence-electron chi connectivity index (χ3n) is 4.09. The summed E-state index contributed by atoms with van der Waals surface area (Å²) in [5.74, 6) is 0.802. The van der Waals surface area contributed by atoms with Gasteiger partial charge >= 0.3 is 0 Å². The first-order valence-electron chi connectivity index (χ1n) is 8.18. The Morgan fingerprint density at radius 3 is 2.69 bits per heavy atom. The summed E-state index contributed by atoms with van der Waals surface area (Å²) in [6, 6.07) is 16.2. The molecular weight excluding hydrogens is 332 g/mol. The van der Waals surface area contributed by atoms with Crippen molar-refractivity contribution in [3.05, 3.63) is 82.2 Å². The van der Waals surface area contributed by atoms with Gasteiger partial charge in [-0.3, -0.25) is 4.79 Å². The van der Waals surface area contributed by atoms with Crippen molar-refractivity contribution in [2.24, 2.45) is 5.73 Å². The Morgan fingerprint density at radius 1 is 1.08 bits per heavy atom. The Kier molecular flexibility index (Phi) is 4.24. The molecule has 4 rings (SSSR count). The Balaban J connectivity index is 1.50. The monoisotopic (exact) mass is 348 g/mol. The van der Waals surface area contributed by atoms with Crippen molar-refractivity contribution < 1.29 is 4.52 Å². The molecule has 0 amide bonds. The molecule has 0 fully saturated rings. The van der Waals surface area contributed by atoms with E-state index in [0.29, 0.717) is 35.6 Å². The summed E-state index contributed by atoms with van der Waals surface area (Å²) in [6.07, 6.45) is 0.363. The molecule has 8 heteroatoms. The van der Waals surface area contributed by atoms with E-state index in [1.54, 1.807) is 18.2 Å². The predicted molar refractivity (Wildman–Crippen MR) is 94.3 cm³/mol. The van der Waals surface area contributed by atoms with Crippen LogP contribution in [0.2, 0.25) is 0 Å². The molecule has 130 valence electrons. The van der Waals surface area contributed by atoms with Gasteiger partial charge in [-0.1, -0.05) is 52.8 Å². The number of nitrogens with zero attached hydrogens (tertiary/aromatic N) is 5. The van der Waals surface area contributed by atoms with Gasteiger partial charge in [0.15, 0.2) is 5.82 Å². The largest absolute Gasteiger partial charge is 0.339 e. The lowest BCUT2D eigenvalue weighted by molar-refractivity contribution is 0.360. The highest BCUT2D eigenvalue weighted by Gasteiger charge is 2.16. The number of aryl methyl sites for hydroxylation is 2. The number of hydrogen-bond donors (Lipinski definition) is 1. The summed E-state index contributed by atoms with van der Waals surface area (Å²) >= 11 is 0. The van der Waals surface area contributed by atoms with Crippen LogP contribution >= 0.6 is 0 Å². The molecule has 2 heterocycles. The maximum absolute atomic E-state index is 12.4. The Morgan fingerprint density at radius 2 is 1.85 bits per heavy atom. The van der Waals surface area contributed by atoms with Crippen LogP contribution in [0.3, 0.4) is 0 Å². The van der Waals surface area contributed by atoms with E-state index in [9.17, 15) is 4.79 Å². The average Bonchev–Trinajstić information content (AvgIpc) is 3.17. The number of nitrogens with two attached hydrogens (primary N) is 1. The van der Waals surface area contributed by atoms with Gasteiger partial charge in [0, 0.05) is 6.42 Å². The first kappa shape index (κ1) is 16.1. The van der Waals surface area contributed by atoms with Crippen molar-refractivity contribution in [2.75, 3.05) is 0 Å². The van der Waals surface area contributed by atoms with Crippen molar-refractivity contribution in [2.45, 2.75) is 19.0 Å². The second-order valence-electron chi connectivity index (χ2n) is 5.82. The van der Waals surface area contributed by atoms with Crippen molar-refractivity contribution >= 4 is 10.9 Å². The highest BCUT2D eigenvalue weighted by molar-refractivity contribution is 5.76. The zero-order chi connectivity index (χ0) is 17.9. The van der Waals surface area contributed by atoms with Crippen LogP contribution in [0.5, 0.6) is 0 Å². The first-order valence-corrected chi connectivity index (χ1v) is 8.18. The van der Waals surface area contributed by atoms with Gasteiger partial charge < -0.3 is 10.3 Å². The molecule has 0 spiro atoms. The number of fused-ring (bicyclic) bond motifs is 1. The normalized spacial score (nSPS) is 12.3. The van der Waals surface area contributed by atoms with E-state index in [1.165, 1.54) is 4.68 Å². The van der Waals surface area contributed by atoms with E-state index in [0.717, 1.165) is 5.56 Å². The molecule has 4 aromatic rings. The van der Waals surface area contributed by atoms with Crippen LogP contribution in [0, 0.1) is 0 Å². The fourth-order valence-corrected chi connectivity index (χ4v) is 2.68. The number of benzene rings is 2. The Bertz CT molecular complexity index is 1090. The van der Waals surface area contributed by atoms with Crippen LogP contribution in [-0.2, 0) is 13.0 Å². The first-order chi connectivity index (χ1) is 12.7. The van der Waals surface area contributed by atoms with E-state index in [4.69, 9.17) is 10.3 Å². The van der Waals surface area contributed by atoms with Gasteiger partial charge in [0.25, 0.3) is 5.56 Å².